The Bertz CT molecular complexity index is 808. The summed E-state index contributed by atoms with van der Waals surface area (Å²) in [7, 11) is 0. The third kappa shape index (κ3) is 3.91. The smallest absolute Gasteiger partial charge is 0.0394 e. The molecule has 3 rings (SSSR count). The van der Waals surface area contributed by atoms with E-state index < -0.39 is 0 Å². The van der Waals surface area contributed by atoms with Crippen LogP contribution in [0.25, 0.3) is 5.57 Å². The topological polar surface area (TPSA) is 26.0 Å². The summed E-state index contributed by atoms with van der Waals surface area (Å²) in [6, 6.07) is 26.8. The number of hydrogen-bond donors (Lipinski definition) is 1. The van der Waals surface area contributed by atoms with E-state index >= 15 is 0 Å². The number of nitrogens with two attached hydrogens (primary N) is 1. The third-order valence-corrected chi connectivity index (χ3v) is 4.27. The maximum atomic E-state index is 6.23. The molecule has 1 nitrogen and oxygen atoms in total. The molecule has 0 atom stereocenters. The van der Waals surface area contributed by atoms with Gasteiger partial charge >= 0.3 is 0 Å². The fourth-order valence-electron chi connectivity index (χ4n) is 2.60. The van der Waals surface area contributed by atoms with Gasteiger partial charge in [0.1, 0.15) is 0 Å². The van der Waals surface area contributed by atoms with E-state index in [4.69, 9.17) is 5.73 Å². The van der Waals surface area contributed by atoms with Gasteiger partial charge < -0.3 is 5.73 Å². The third-order valence-electron chi connectivity index (χ3n) is 3.78. The van der Waals surface area contributed by atoms with Crippen LogP contribution in [-0.2, 0) is 6.42 Å². The lowest BCUT2D eigenvalue weighted by atomic mass is 9.94. The molecule has 2 heteroatoms. The van der Waals surface area contributed by atoms with Crippen LogP contribution in [0.2, 0.25) is 0 Å². The molecular weight excluding hydrogens is 346 g/mol. The first-order valence-corrected chi connectivity index (χ1v) is 8.38. The first kappa shape index (κ1) is 15.6. The van der Waals surface area contributed by atoms with Crippen LogP contribution in [0.4, 0.5) is 5.69 Å². The zero-order valence-corrected chi connectivity index (χ0v) is 14.3. The highest BCUT2D eigenvalue weighted by Crippen LogP contribution is 2.30. The first-order valence-electron chi connectivity index (χ1n) is 7.59. The number of nitrogen functional groups attached to an aromatic ring is 1. The van der Waals surface area contributed by atoms with E-state index in [1.165, 1.54) is 11.1 Å². The molecule has 0 aliphatic heterocycles. The second-order valence-electron chi connectivity index (χ2n) is 5.41. The molecule has 0 saturated heterocycles. The van der Waals surface area contributed by atoms with Crippen molar-refractivity contribution in [1.82, 2.24) is 0 Å². The molecule has 0 radical (unpaired) electrons. The van der Waals surface area contributed by atoms with Gasteiger partial charge in [0.25, 0.3) is 0 Å². The van der Waals surface area contributed by atoms with Crippen LogP contribution in [-0.4, -0.2) is 0 Å². The van der Waals surface area contributed by atoms with E-state index in [0.29, 0.717) is 0 Å². The van der Waals surface area contributed by atoms with Crippen LogP contribution >= 0.6 is 15.9 Å². The van der Waals surface area contributed by atoms with Crippen LogP contribution in [0.5, 0.6) is 0 Å². The minimum absolute atomic E-state index is 0.788. The molecule has 0 spiro atoms. The quantitative estimate of drug-likeness (QED) is 0.590. The monoisotopic (exact) mass is 363 g/mol. The molecule has 114 valence electrons. The molecule has 3 aromatic rings. The summed E-state index contributed by atoms with van der Waals surface area (Å²) in [4.78, 5) is 0. The summed E-state index contributed by atoms with van der Waals surface area (Å²) in [6.45, 7) is 0. The van der Waals surface area contributed by atoms with Gasteiger partial charge in [-0.15, -0.1) is 0 Å². The van der Waals surface area contributed by atoms with Crippen molar-refractivity contribution in [2.75, 3.05) is 5.73 Å². The van der Waals surface area contributed by atoms with Crippen molar-refractivity contribution in [3.8, 4) is 0 Å². The second-order valence-corrected chi connectivity index (χ2v) is 6.32. The second kappa shape index (κ2) is 7.30. The van der Waals surface area contributed by atoms with Gasteiger partial charge in [-0.3, -0.25) is 0 Å². The molecule has 0 fully saturated rings. The number of allylic oxidation sites excluding steroid dienone is 1. The molecular formula is C21H18BrN. The van der Waals surface area contributed by atoms with Crippen molar-refractivity contribution < 1.29 is 0 Å². The zero-order valence-electron chi connectivity index (χ0n) is 12.7. The summed E-state index contributed by atoms with van der Waals surface area (Å²) in [5, 5.41) is 0. The van der Waals surface area contributed by atoms with Crippen molar-refractivity contribution in [1.29, 1.82) is 0 Å². The Morgan fingerprint density at radius 2 is 1.52 bits per heavy atom. The summed E-state index contributed by atoms with van der Waals surface area (Å²) in [5.74, 6) is 0. The van der Waals surface area contributed by atoms with Crippen LogP contribution in [0.3, 0.4) is 0 Å². The molecule has 0 aromatic heterocycles. The highest BCUT2D eigenvalue weighted by Gasteiger charge is 2.09. The van der Waals surface area contributed by atoms with Crippen molar-refractivity contribution in [2.45, 2.75) is 6.42 Å². The predicted octanol–water partition coefficient (Wildman–Crippen LogP) is 5.71. The molecule has 0 bridgehead atoms. The number of anilines is 1. The average molecular weight is 364 g/mol. The highest BCUT2D eigenvalue weighted by molar-refractivity contribution is 9.10. The Hall–Kier alpha value is -2.32. The van der Waals surface area contributed by atoms with Crippen molar-refractivity contribution in [3.05, 3.63) is 106 Å². The van der Waals surface area contributed by atoms with Crippen LogP contribution in [0.1, 0.15) is 16.7 Å². The molecule has 0 heterocycles. The lowest BCUT2D eigenvalue weighted by Crippen LogP contribution is -1.96. The Kier molecular flexibility index (Phi) is 4.94. The lowest BCUT2D eigenvalue weighted by molar-refractivity contribution is 1.27. The van der Waals surface area contributed by atoms with Gasteiger partial charge in [0.2, 0.25) is 0 Å². The van der Waals surface area contributed by atoms with Crippen LogP contribution in [0, 0.1) is 0 Å². The Balaban J connectivity index is 2.05. The van der Waals surface area contributed by atoms with Gasteiger partial charge in [-0.1, -0.05) is 82.7 Å². The van der Waals surface area contributed by atoms with E-state index in [1.807, 2.05) is 24.3 Å². The maximum absolute atomic E-state index is 6.23. The van der Waals surface area contributed by atoms with Gasteiger partial charge in [-0.05, 0) is 41.3 Å². The normalized spacial score (nSPS) is 11.4. The van der Waals surface area contributed by atoms with E-state index in [1.54, 1.807) is 0 Å². The molecule has 2 N–H and O–H groups in total. The fourth-order valence-corrected chi connectivity index (χ4v) is 2.96. The highest BCUT2D eigenvalue weighted by atomic mass is 79.9. The lowest BCUT2D eigenvalue weighted by Gasteiger charge is -2.12. The zero-order chi connectivity index (χ0) is 16.1. The molecule has 0 aliphatic carbocycles. The molecule has 3 aromatic carbocycles. The minimum Gasteiger partial charge on any atom is -0.398 e. The van der Waals surface area contributed by atoms with Crippen molar-refractivity contribution in [2.24, 2.45) is 0 Å². The summed E-state index contributed by atoms with van der Waals surface area (Å²) in [6.07, 6.45) is 3.12. The van der Waals surface area contributed by atoms with Gasteiger partial charge in [-0.2, -0.15) is 0 Å². The number of hydrogen-bond acceptors (Lipinski definition) is 1. The van der Waals surface area contributed by atoms with Gasteiger partial charge in [-0.25, -0.2) is 0 Å². The molecule has 23 heavy (non-hydrogen) atoms. The Morgan fingerprint density at radius 1 is 0.870 bits per heavy atom. The van der Waals surface area contributed by atoms with E-state index in [-0.39, 0.29) is 0 Å². The van der Waals surface area contributed by atoms with Crippen molar-refractivity contribution in [3.63, 3.8) is 0 Å². The van der Waals surface area contributed by atoms with Crippen LogP contribution < -0.4 is 5.73 Å². The summed E-state index contributed by atoms with van der Waals surface area (Å²) in [5.41, 5.74) is 11.7. The van der Waals surface area contributed by atoms with Gasteiger partial charge in [0.15, 0.2) is 0 Å². The van der Waals surface area contributed by atoms with Crippen molar-refractivity contribution >= 4 is 27.2 Å². The molecule has 0 saturated carbocycles. The Morgan fingerprint density at radius 3 is 2.22 bits per heavy atom. The summed E-state index contributed by atoms with van der Waals surface area (Å²) >= 11 is 3.55. The Labute approximate surface area is 145 Å². The van der Waals surface area contributed by atoms with Gasteiger partial charge in [0, 0.05) is 15.7 Å². The largest absolute Gasteiger partial charge is 0.398 e. The molecule has 0 unspecified atom stereocenters. The number of benzene rings is 3. The van der Waals surface area contributed by atoms with E-state index in [2.05, 4.69) is 76.6 Å². The predicted molar refractivity (Wildman–Crippen MR) is 102 cm³/mol. The summed E-state index contributed by atoms with van der Waals surface area (Å²) < 4.78 is 1.03. The molecule has 0 aliphatic rings. The van der Waals surface area contributed by atoms with Crippen LogP contribution in [0.15, 0.2) is 89.4 Å². The average Bonchev–Trinajstić information content (AvgIpc) is 2.60. The minimum atomic E-state index is 0.788. The fraction of sp³-hybridized carbons (Fsp3) is 0.0476. The SMILES string of the molecule is Nc1ccc(Br)cc1C(=CCc1ccccc1)c1ccccc1. The maximum Gasteiger partial charge on any atom is 0.0394 e. The van der Waals surface area contributed by atoms with E-state index in [0.717, 1.165) is 27.7 Å². The number of halogens is 1. The van der Waals surface area contributed by atoms with E-state index in [9.17, 15) is 0 Å². The standard InChI is InChI=1S/C21H18BrN/c22-18-12-14-21(23)20(15-18)19(17-9-5-2-6-10-17)13-11-16-7-3-1-4-8-16/h1-10,12-15H,11,23H2. The first-order chi connectivity index (χ1) is 11.2. The van der Waals surface area contributed by atoms with Gasteiger partial charge in [0.05, 0.1) is 0 Å². The number of rotatable bonds is 4. The molecule has 0 amide bonds.